The van der Waals surface area contributed by atoms with Crippen molar-refractivity contribution in [2.24, 2.45) is 5.41 Å². The molecule has 4 rings (SSSR count). The van der Waals surface area contributed by atoms with Crippen LogP contribution in [0.2, 0.25) is 0 Å². The zero-order valence-electron chi connectivity index (χ0n) is 18.4. The third-order valence-corrected chi connectivity index (χ3v) is 6.62. The second-order valence-electron chi connectivity index (χ2n) is 9.09. The van der Waals surface area contributed by atoms with E-state index in [1.807, 2.05) is 10.8 Å². The number of rotatable bonds is 4. The number of halogens is 1. The van der Waals surface area contributed by atoms with Crippen LogP contribution in [0, 0.1) is 11.2 Å². The van der Waals surface area contributed by atoms with Crippen molar-refractivity contribution in [1.82, 2.24) is 4.72 Å². The molecule has 2 aromatic rings. The number of morpholine rings is 1. The first-order valence-electron chi connectivity index (χ1n) is 10.6. The molecule has 1 fully saturated rings. The van der Waals surface area contributed by atoms with Crippen LogP contribution in [0.15, 0.2) is 36.4 Å². The molecule has 172 valence electrons. The average molecular weight is 462 g/mol. The van der Waals surface area contributed by atoms with Gasteiger partial charge in [0, 0.05) is 24.5 Å². The van der Waals surface area contributed by atoms with Crippen LogP contribution in [-0.4, -0.2) is 46.9 Å². The summed E-state index contributed by atoms with van der Waals surface area (Å²) in [5, 5.41) is 3.48. The summed E-state index contributed by atoms with van der Waals surface area (Å²) in [4.78, 5) is 14.9. The van der Waals surface area contributed by atoms with Crippen molar-refractivity contribution in [3.8, 4) is 0 Å². The fraction of sp³-hybridized carbons (Fsp3) is 0.435. The SMILES string of the molecule is CC1(C)Cc2c(ccc(F)c2C(=O)NS(C)(=O)=O)NC1c1cccc(N2CCOCC2)c1. The second kappa shape index (κ2) is 8.37. The van der Waals surface area contributed by atoms with Gasteiger partial charge in [0.2, 0.25) is 10.0 Å². The molecule has 0 saturated carbocycles. The van der Waals surface area contributed by atoms with E-state index >= 15 is 0 Å². The fourth-order valence-corrected chi connectivity index (χ4v) is 5.01. The van der Waals surface area contributed by atoms with Gasteiger partial charge < -0.3 is 15.0 Å². The van der Waals surface area contributed by atoms with Crippen LogP contribution in [0.5, 0.6) is 0 Å². The van der Waals surface area contributed by atoms with Gasteiger partial charge in [-0.1, -0.05) is 26.0 Å². The second-order valence-corrected chi connectivity index (χ2v) is 10.8. The molecule has 2 aliphatic rings. The van der Waals surface area contributed by atoms with E-state index in [9.17, 15) is 17.6 Å². The highest BCUT2D eigenvalue weighted by atomic mass is 32.2. The number of nitrogens with one attached hydrogen (secondary N) is 2. The third kappa shape index (κ3) is 4.59. The average Bonchev–Trinajstić information content (AvgIpc) is 2.72. The summed E-state index contributed by atoms with van der Waals surface area (Å²) in [7, 11) is -3.81. The molecule has 0 aromatic heterocycles. The Labute approximate surface area is 188 Å². The zero-order valence-corrected chi connectivity index (χ0v) is 19.3. The first kappa shape index (κ1) is 22.5. The van der Waals surface area contributed by atoms with Crippen LogP contribution in [0.4, 0.5) is 15.8 Å². The van der Waals surface area contributed by atoms with E-state index in [1.54, 1.807) is 6.07 Å². The fourth-order valence-electron chi connectivity index (χ4n) is 4.57. The molecule has 9 heteroatoms. The Hall–Kier alpha value is -2.65. The largest absolute Gasteiger partial charge is 0.378 e. The van der Waals surface area contributed by atoms with Crippen LogP contribution in [0.25, 0.3) is 0 Å². The summed E-state index contributed by atoms with van der Waals surface area (Å²) in [5.41, 5.74) is 2.74. The minimum atomic E-state index is -3.81. The van der Waals surface area contributed by atoms with Crippen LogP contribution in [0.3, 0.4) is 0 Å². The number of anilines is 2. The standard InChI is InChI=1S/C23H28FN3O4S/c1-23(2)14-17-19(8-7-18(24)20(17)22(28)26-32(3,29)30)25-21(23)15-5-4-6-16(13-15)27-9-11-31-12-10-27/h4-8,13,21,25H,9-12,14H2,1-3H3,(H,26,28). The van der Waals surface area contributed by atoms with E-state index in [0.29, 0.717) is 30.9 Å². The molecule has 2 N–H and O–H groups in total. The maximum atomic E-state index is 14.6. The molecule has 7 nitrogen and oxygen atoms in total. The van der Waals surface area contributed by atoms with Gasteiger partial charge in [0.1, 0.15) is 5.82 Å². The molecule has 1 atom stereocenters. The molecule has 1 saturated heterocycles. The van der Waals surface area contributed by atoms with Gasteiger partial charge in [0.05, 0.1) is 31.1 Å². The highest BCUT2D eigenvalue weighted by molar-refractivity contribution is 7.89. The Bertz CT molecular complexity index is 1140. The van der Waals surface area contributed by atoms with Gasteiger partial charge in [-0.2, -0.15) is 0 Å². The number of ether oxygens (including phenoxy) is 1. The van der Waals surface area contributed by atoms with Gasteiger partial charge in [-0.3, -0.25) is 4.79 Å². The molecule has 0 spiro atoms. The maximum Gasteiger partial charge on any atom is 0.268 e. The number of carbonyl (C=O) groups is 1. The molecule has 32 heavy (non-hydrogen) atoms. The van der Waals surface area contributed by atoms with E-state index in [2.05, 4.69) is 42.3 Å². The van der Waals surface area contributed by atoms with Crippen molar-refractivity contribution >= 4 is 27.3 Å². The van der Waals surface area contributed by atoms with Gasteiger partial charge in [-0.15, -0.1) is 0 Å². The summed E-state index contributed by atoms with van der Waals surface area (Å²) in [6, 6.07) is 11.1. The number of hydrogen-bond donors (Lipinski definition) is 2. The topological polar surface area (TPSA) is 87.7 Å². The Balaban J connectivity index is 1.69. The highest BCUT2D eigenvalue weighted by Crippen LogP contribution is 2.46. The van der Waals surface area contributed by atoms with Crippen molar-refractivity contribution in [3.63, 3.8) is 0 Å². The molecule has 1 amide bonds. The van der Waals surface area contributed by atoms with E-state index in [-0.39, 0.29) is 17.0 Å². The Morgan fingerprint density at radius 2 is 1.94 bits per heavy atom. The van der Waals surface area contributed by atoms with Crippen molar-refractivity contribution in [3.05, 3.63) is 58.9 Å². The summed E-state index contributed by atoms with van der Waals surface area (Å²) in [5.74, 6) is -1.69. The van der Waals surface area contributed by atoms with Gasteiger partial charge in [-0.25, -0.2) is 17.5 Å². The number of fused-ring (bicyclic) bond motifs is 1. The van der Waals surface area contributed by atoms with Crippen LogP contribution >= 0.6 is 0 Å². The number of amides is 1. The summed E-state index contributed by atoms with van der Waals surface area (Å²) >= 11 is 0. The van der Waals surface area contributed by atoms with E-state index in [1.165, 1.54) is 6.07 Å². The molecule has 2 heterocycles. The highest BCUT2D eigenvalue weighted by Gasteiger charge is 2.39. The quantitative estimate of drug-likeness (QED) is 0.728. The maximum absolute atomic E-state index is 14.6. The Kier molecular flexibility index (Phi) is 5.89. The van der Waals surface area contributed by atoms with Gasteiger partial charge in [0.15, 0.2) is 0 Å². The van der Waals surface area contributed by atoms with Crippen molar-refractivity contribution in [2.75, 3.05) is 42.8 Å². The number of benzene rings is 2. The zero-order chi connectivity index (χ0) is 23.1. The number of sulfonamides is 1. The minimum Gasteiger partial charge on any atom is -0.378 e. The number of carbonyl (C=O) groups excluding carboxylic acids is 1. The van der Waals surface area contributed by atoms with Crippen molar-refractivity contribution in [1.29, 1.82) is 0 Å². The monoisotopic (exact) mass is 461 g/mol. The predicted octanol–water partition coefficient (Wildman–Crippen LogP) is 3.09. The summed E-state index contributed by atoms with van der Waals surface area (Å²) in [6.45, 7) is 7.19. The lowest BCUT2D eigenvalue weighted by Gasteiger charge is -2.42. The van der Waals surface area contributed by atoms with Crippen LogP contribution in [0.1, 0.15) is 41.4 Å². The molecular formula is C23H28FN3O4S. The van der Waals surface area contributed by atoms with E-state index in [0.717, 1.165) is 30.6 Å². The molecule has 0 bridgehead atoms. The smallest absolute Gasteiger partial charge is 0.268 e. The van der Waals surface area contributed by atoms with Crippen molar-refractivity contribution < 1.29 is 22.3 Å². The minimum absolute atomic E-state index is 0.0766. The van der Waals surface area contributed by atoms with Crippen LogP contribution in [-0.2, 0) is 21.2 Å². The third-order valence-electron chi connectivity index (χ3n) is 6.06. The Morgan fingerprint density at radius 3 is 2.62 bits per heavy atom. The van der Waals surface area contributed by atoms with Gasteiger partial charge >= 0.3 is 0 Å². The number of hydrogen-bond acceptors (Lipinski definition) is 6. The molecule has 2 aliphatic heterocycles. The molecule has 1 unspecified atom stereocenters. The van der Waals surface area contributed by atoms with Crippen molar-refractivity contribution in [2.45, 2.75) is 26.3 Å². The lowest BCUT2D eigenvalue weighted by Crippen LogP contribution is -2.38. The normalized spacial score (nSPS) is 20.2. The van der Waals surface area contributed by atoms with E-state index in [4.69, 9.17) is 4.74 Å². The van der Waals surface area contributed by atoms with Gasteiger partial charge in [0.25, 0.3) is 5.91 Å². The molecule has 0 aliphatic carbocycles. The number of nitrogens with zero attached hydrogens (tertiary/aromatic N) is 1. The van der Waals surface area contributed by atoms with Crippen LogP contribution < -0.4 is 14.9 Å². The lowest BCUT2D eigenvalue weighted by atomic mass is 9.72. The predicted molar refractivity (Wildman–Crippen MR) is 122 cm³/mol. The lowest BCUT2D eigenvalue weighted by molar-refractivity contribution is 0.0975. The molecular weight excluding hydrogens is 433 g/mol. The Morgan fingerprint density at radius 1 is 1.22 bits per heavy atom. The molecule has 0 radical (unpaired) electrons. The summed E-state index contributed by atoms with van der Waals surface area (Å²) in [6.07, 6.45) is 1.28. The first-order chi connectivity index (χ1) is 15.0. The van der Waals surface area contributed by atoms with Gasteiger partial charge in [-0.05, 0) is 47.2 Å². The first-order valence-corrected chi connectivity index (χ1v) is 12.5. The van der Waals surface area contributed by atoms with E-state index < -0.39 is 21.7 Å². The summed E-state index contributed by atoms with van der Waals surface area (Å²) < 4.78 is 45.1. The molecule has 2 aromatic carbocycles.